The highest BCUT2D eigenvalue weighted by atomic mass is 16.4. The molecule has 0 aliphatic heterocycles. The van der Waals surface area contributed by atoms with Gasteiger partial charge in [0, 0.05) is 6.04 Å². The van der Waals surface area contributed by atoms with Crippen LogP contribution in [0, 0.1) is 11.8 Å². The third-order valence-electron chi connectivity index (χ3n) is 3.70. The van der Waals surface area contributed by atoms with E-state index in [1.165, 1.54) is 37.9 Å². The third kappa shape index (κ3) is 2.25. The Kier molecular flexibility index (Phi) is 2.61. The van der Waals surface area contributed by atoms with Crippen molar-refractivity contribution in [1.82, 2.24) is 4.98 Å². The predicted molar refractivity (Wildman–Crippen MR) is 68.5 cm³/mol. The lowest BCUT2D eigenvalue weighted by Gasteiger charge is -2.19. The largest absolute Gasteiger partial charge is 0.478 e. The summed E-state index contributed by atoms with van der Waals surface area (Å²) in [6.45, 7) is 0. The van der Waals surface area contributed by atoms with Crippen LogP contribution >= 0.6 is 0 Å². The van der Waals surface area contributed by atoms with Crippen LogP contribution in [0.3, 0.4) is 0 Å². The zero-order valence-corrected chi connectivity index (χ0v) is 10.1. The van der Waals surface area contributed by atoms with Gasteiger partial charge in [-0.2, -0.15) is 0 Å². The number of carboxylic acids is 1. The molecule has 5 heteroatoms. The highest BCUT2D eigenvalue weighted by Gasteiger charge is 2.41. The first-order chi connectivity index (χ1) is 8.65. The molecule has 2 aliphatic rings. The zero-order valence-electron chi connectivity index (χ0n) is 10.1. The lowest BCUT2D eigenvalue weighted by Crippen LogP contribution is -2.26. The van der Waals surface area contributed by atoms with E-state index in [-0.39, 0.29) is 5.56 Å². The van der Waals surface area contributed by atoms with Gasteiger partial charge in [0.05, 0.1) is 11.9 Å². The summed E-state index contributed by atoms with van der Waals surface area (Å²) in [5.74, 6) is 0.861. The Morgan fingerprint density at radius 3 is 2.50 bits per heavy atom. The van der Waals surface area contributed by atoms with Crippen LogP contribution in [-0.2, 0) is 0 Å². The summed E-state index contributed by atoms with van der Waals surface area (Å²) >= 11 is 0. The molecule has 0 atom stereocenters. The van der Waals surface area contributed by atoms with Crippen LogP contribution in [0.5, 0.6) is 0 Å². The lowest BCUT2D eigenvalue weighted by atomic mass is 10.1. The average molecular weight is 247 g/mol. The molecule has 2 fully saturated rings. The fraction of sp³-hybridized carbons (Fsp3) is 0.538. The number of hydrogen-bond acceptors (Lipinski definition) is 4. The quantitative estimate of drug-likeness (QED) is 0.740. The first-order valence-electron chi connectivity index (χ1n) is 6.40. The van der Waals surface area contributed by atoms with Gasteiger partial charge in [0.15, 0.2) is 0 Å². The van der Waals surface area contributed by atoms with Crippen LogP contribution in [0.2, 0.25) is 0 Å². The maximum absolute atomic E-state index is 11.2. The van der Waals surface area contributed by atoms with E-state index in [2.05, 4.69) is 10.3 Å². The van der Waals surface area contributed by atoms with Crippen molar-refractivity contribution in [3.8, 4) is 0 Å². The monoisotopic (exact) mass is 247 g/mol. The van der Waals surface area contributed by atoms with Gasteiger partial charge < -0.3 is 16.2 Å². The molecule has 0 unspecified atom stereocenters. The topological polar surface area (TPSA) is 88.2 Å². The fourth-order valence-electron chi connectivity index (χ4n) is 2.45. The minimum atomic E-state index is -0.984. The van der Waals surface area contributed by atoms with Crippen molar-refractivity contribution in [2.45, 2.75) is 31.7 Å². The Morgan fingerprint density at radius 1 is 1.39 bits per heavy atom. The minimum absolute atomic E-state index is 0.168. The van der Waals surface area contributed by atoms with E-state index in [4.69, 9.17) is 5.73 Å². The van der Waals surface area contributed by atoms with Crippen molar-refractivity contribution in [2.24, 2.45) is 11.8 Å². The molecule has 0 amide bonds. The first-order valence-corrected chi connectivity index (χ1v) is 6.40. The summed E-state index contributed by atoms with van der Waals surface area (Å²) in [6.07, 6.45) is 6.47. The van der Waals surface area contributed by atoms with Gasteiger partial charge in [0.2, 0.25) is 0 Å². The number of anilines is 2. The van der Waals surface area contributed by atoms with Crippen molar-refractivity contribution in [2.75, 3.05) is 11.1 Å². The minimum Gasteiger partial charge on any atom is -0.478 e. The summed E-state index contributed by atoms with van der Waals surface area (Å²) in [7, 11) is 0. The molecule has 1 aromatic heterocycles. The number of nitrogens with two attached hydrogens (primary N) is 1. The van der Waals surface area contributed by atoms with E-state index in [9.17, 15) is 9.90 Å². The number of nitrogens with zero attached hydrogens (tertiary/aromatic N) is 1. The van der Waals surface area contributed by atoms with Crippen molar-refractivity contribution in [3.63, 3.8) is 0 Å². The van der Waals surface area contributed by atoms with E-state index in [1.807, 2.05) is 0 Å². The normalized spacial score (nSPS) is 18.9. The molecule has 3 rings (SSSR count). The van der Waals surface area contributed by atoms with E-state index in [0.29, 0.717) is 29.4 Å². The van der Waals surface area contributed by atoms with Crippen molar-refractivity contribution in [3.05, 3.63) is 17.8 Å². The van der Waals surface area contributed by atoms with Crippen LogP contribution in [0.25, 0.3) is 0 Å². The fourth-order valence-corrected chi connectivity index (χ4v) is 2.45. The summed E-state index contributed by atoms with van der Waals surface area (Å²) in [5, 5.41) is 12.5. The molecule has 0 aromatic carbocycles. The maximum Gasteiger partial charge on any atom is 0.339 e. The summed E-state index contributed by atoms with van der Waals surface area (Å²) < 4.78 is 0. The Labute approximate surface area is 105 Å². The van der Waals surface area contributed by atoms with Gasteiger partial charge in [-0.05, 0) is 43.6 Å². The van der Waals surface area contributed by atoms with Crippen molar-refractivity contribution in [1.29, 1.82) is 0 Å². The number of nitrogens with one attached hydrogen (secondary N) is 1. The molecular weight excluding hydrogens is 230 g/mol. The molecule has 1 aromatic rings. The molecule has 5 nitrogen and oxygen atoms in total. The van der Waals surface area contributed by atoms with Gasteiger partial charge in [0.25, 0.3) is 0 Å². The Bertz CT molecular complexity index is 469. The number of aromatic carboxylic acids is 1. The number of carboxylic acid groups (broad SMARTS) is 1. The molecule has 96 valence electrons. The summed E-state index contributed by atoms with van der Waals surface area (Å²) in [6, 6.07) is 1.85. The van der Waals surface area contributed by atoms with Gasteiger partial charge in [-0.15, -0.1) is 0 Å². The van der Waals surface area contributed by atoms with Crippen molar-refractivity contribution < 1.29 is 9.90 Å². The first kappa shape index (κ1) is 11.3. The number of hydrogen-bond donors (Lipinski definition) is 3. The zero-order chi connectivity index (χ0) is 12.7. The Hall–Kier alpha value is -1.78. The maximum atomic E-state index is 11.2. The predicted octanol–water partition coefficient (Wildman–Crippen LogP) is 1.96. The number of rotatable bonds is 5. The lowest BCUT2D eigenvalue weighted by molar-refractivity contribution is 0.0697. The van der Waals surface area contributed by atoms with E-state index >= 15 is 0 Å². The van der Waals surface area contributed by atoms with E-state index < -0.39 is 5.97 Å². The van der Waals surface area contributed by atoms with Crippen LogP contribution in [-0.4, -0.2) is 22.1 Å². The van der Waals surface area contributed by atoms with Gasteiger partial charge in [0.1, 0.15) is 11.4 Å². The smallest absolute Gasteiger partial charge is 0.339 e. The Morgan fingerprint density at radius 2 is 2.00 bits per heavy atom. The summed E-state index contributed by atoms with van der Waals surface area (Å²) in [4.78, 5) is 15.3. The molecule has 0 bridgehead atoms. The number of aromatic nitrogens is 1. The molecule has 1 heterocycles. The van der Waals surface area contributed by atoms with E-state index in [0.717, 1.165) is 0 Å². The third-order valence-corrected chi connectivity index (χ3v) is 3.70. The molecule has 4 N–H and O–H groups in total. The van der Waals surface area contributed by atoms with Crippen LogP contribution in [0.15, 0.2) is 12.3 Å². The summed E-state index contributed by atoms with van der Waals surface area (Å²) in [5.41, 5.74) is 6.14. The SMILES string of the molecule is Nc1cnc(NC(C2CC2)C2CC2)c(C(=O)O)c1. The number of nitrogen functional groups attached to an aromatic ring is 1. The standard InChI is InChI=1S/C13H17N3O2/c14-9-5-10(13(17)18)12(15-6-9)16-11(7-1-2-7)8-3-4-8/h5-8,11H,1-4,14H2,(H,15,16)(H,17,18). The van der Waals surface area contributed by atoms with Gasteiger partial charge in [-0.1, -0.05) is 0 Å². The van der Waals surface area contributed by atoms with Crippen molar-refractivity contribution >= 4 is 17.5 Å². The van der Waals surface area contributed by atoms with Gasteiger partial charge in [-0.3, -0.25) is 0 Å². The Balaban J connectivity index is 1.84. The molecule has 0 spiro atoms. The second kappa shape index (κ2) is 4.15. The highest BCUT2D eigenvalue weighted by molar-refractivity contribution is 5.94. The average Bonchev–Trinajstić information content (AvgIpc) is 3.19. The number of carbonyl (C=O) groups is 1. The van der Waals surface area contributed by atoms with Crippen LogP contribution in [0.4, 0.5) is 11.5 Å². The highest BCUT2D eigenvalue weighted by Crippen LogP contribution is 2.45. The van der Waals surface area contributed by atoms with Crippen LogP contribution in [0.1, 0.15) is 36.0 Å². The second-order valence-electron chi connectivity index (χ2n) is 5.31. The van der Waals surface area contributed by atoms with E-state index in [1.54, 1.807) is 0 Å². The molecule has 2 aliphatic carbocycles. The molecule has 0 saturated heterocycles. The van der Waals surface area contributed by atoms with Crippen LogP contribution < -0.4 is 11.1 Å². The molecular formula is C13H17N3O2. The second-order valence-corrected chi connectivity index (χ2v) is 5.31. The molecule has 2 saturated carbocycles. The molecule has 18 heavy (non-hydrogen) atoms. The number of pyridine rings is 1. The van der Waals surface area contributed by atoms with Gasteiger partial charge >= 0.3 is 5.97 Å². The van der Waals surface area contributed by atoms with Gasteiger partial charge in [-0.25, -0.2) is 9.78 Å². The molecule has 0 radical (unpaired) electrons.